The zero-order valence-corrected chi connectivity index (χ0v) is 10.2. The number of imide groups is 1. The van der Waals surface area contributed by atoms with Crippen LogP contribution < -0.4 is 0 Å². The molecule has 0 bridgehead atoms. The van der Waals surface area contributed by atoms with E-state index in [1.807, 2.05) is 0 Å². The van der Waals surface area contributed by atoms with Crippen LogP contribution in [0.1, 0.15) is 6.42 Å². The molecule has 6 heteroatoms. The maximum Gasteiger partial charge on any atom is 0.417 e. The largest absolute Gasteiger partial charge is 0.439 e. The van der Waals surface area contributed by atoms with Crippen molar-refractivity contribution in [1.29, 1.82) is 0 Å². The van der Waals surface area contributed by atoms with Gasteiger partial charge >= 0.3 is 6.09 Å². The number of carbonyl (C=O) groups is 2. The Kier molecular flexibility index (Phi) is 3.63. The lowest BCUT2D eigenvalue weighted by Crippen LogP contribution is -2.53. The predicted molar refractivity (Wildman–Crippen MR) is 59.3 cm³/mol. The van der Waals surface area contributed by atoms with Gasteiger partial charge in [0.05, 0.1) is 26.8 Å². The minimum Gasteiger partial charge on any atom is -0.439 e. The smallest absolute Gasteiger partial charge is 0.417 e. The maximum absolute atomic E-state index is 11.3. The van der Waals surface area contributed by atoms with Gasteiger partial charge in [-0.25, -0.2) is 9.69 Å². The van der Waals surface area contributed by atoms with Gasteiger partial charge in [-0.1, -0.05) is 0 Å². The van der Waals surface area contributed by atoms with Crippen LogP contribution in [0.25, 0.3) is 0 Å². The average molecular weight is 243 g/mol. The van der Waals surface area contributed by atoms with E-state index in [-0.39, 0.29) is 12.5 Å². The van der Waals surface area contributed by atoms with Crippen molar-refractivity contribution in [2.24, 2.45) is 0 Å². The van der Waals surface area contributed by atoms with Crippen LogP contribution in [-0.2, 0) is 14.3 Å². The molecule has 0 aromatic heterocycles. The summed E-state index contributed by atoms with van der Waals surface area (Å²) in [5.41, 5.74) is 0. The number of likely N-dealkylation sites (N-methyl/N-ethyl adjacent to an activating group) is 1. The van der Waals surface area contributed by atoms with Gasteiger partial charge in [-0.2, -0.15) is 0 Å². The fourth-order valence-electron chi connectivity index (χ4n) is 2.22. The minimum absolute atomic E-state index is 0.0984. The first-order valence-corrected chi connectivity index (χ1v) is 5.99. The Morgan fingerprint density at radius 1 is 1.29 bits per heavy atom. The molecule has 2 amide bonds. The van der Waals surface area contributed by atoms with Crippen molar-refractivity contribution >= 4 is 12.0 Å². The number of hydrogen-bond acceptors (Lipinski definition) is 4. The third kappa shape index (κ3) is 2.95. The van der Waals surface area contributed by atoms with Gasteiger partial charge in [-0.3, -0.25) is 4.79 Å². The molecule has 2 aliphatic rings. The molecule has 0 aromatic rings. The highest BCUT2D eigenvalue weighted by molar-refractivity contribution is 5.97. The monoisotopic (exact) mass is 243 g/mol. The number of carbonyl (C=O) groups excluding carboxylic acids is 2. The molecular formula is C11H19N2O4+. The summed E-state index contributed by atoms with van der Waals surface area (Å²) < 4.78 is 10.9. The van der Waals surface area contributed by atoms with Gasteiger partial charge in [0, 0.05) is 13.0 Å². The van der Waals surface area contributed by atoms with E-state index in [0.717, 1.165) is 43.8 Å². The summed E-state index contributed by atoms with van der Waals surface area (Å²) in [4.78, 5) is 23.7. The summed E-state index contributed by atoms with van der Waals surface area (Å²) >= 11 is 0. The number of quaternary nitrogens is 1. The van der Waals surface area contributed by atoms with E-state index in [2.05, 4.69) is 11.8 Å². The van der Waals surface area contributed by atoms with E-state index >= 15 is 0 Å². The second-order valence-corrected chi connectivity index (χ2v) is 4.86. The molecule has 2 rings (SSSR count). The van der Waals surface area contributed by atoms with Crippen molar-refractivity contribution in [3.63, 3.8) is 0 Å². The van der Waals surface area contributed by atoms with Crippen LogP contribution in [0.2, 0.25) is 0 Å². The summed E-state index contributed by atoms with van der Waals surface area (Å²) in [6, 6.07) is 0. The second kappa shape index (κ2) is 5.01. The summed E-state index contributed by atoms with van der Waals surface area (Å²) in [6.07, 6.45) is 0.316. The Labute approximate surface area is 101 Å². The Morgan fingerprint density at radius 3 is 2.59 bits per heavy atom. The molecule has 0 N–H and O–H groups in total. The van der Waals surface area contributed by atoms with Gasteiger partial charge in [0.25, 0.3) is 5.91 Å². The third-order valence-corrected chi connectivity index (χ3v) is 3.47. The second-order valence-electron chi connectivity index (χ2n) is 4.86. The number of ether oxygens (including phenoxy) is 2. The molecule has 0 aromatic carbocycles. The number of amides is 2. The van der Waals surface area contributed by atoms with Crippen molar-refractivity contribution in [2.45, 2.75) is 6.42 Å². The van der Waals surface area contributed by atoms with Gasteiger partial charge in [-0.15, -0.1) is 0 Å². The number of morpholine rings is 1. The molecule has 0 aliphatic carbocycles. The Balaban J connectivity index is 1.75. The molecule has 96 valence electrons. The first kappa shape index (κ1) is 12.3. The SMILES string of the molecule is C[N+]1(CCCN2C(=O)COC2=O)CCOCC1. The fourth-order valence-corrected chi connectivity index (χ4v) is 2.22. The molecule has 0 radical (unpaired) electrons. The highest BCUT2D eigenvalue weighted by atomic mass is 16.6. The molecule has 0 saturated carbocycles. The first-order valence-electron chi connectivity index (χ1n) is 5.99. The van der Waals surface area contributed by atoms with E-state index in [1.165, 1.54) is 4.90 Å². The molecule has 2 saturated heterocycles. The normalized spacial score (nSPS) is 23.9. The summed E-state index contributed by atoms with van der Waals surface area (Å²) in [6.45, 7) is 4.91. The molecule has 2 heterocycles. The zero-order valence-electron chi connectivity index (χ0n) is 10.2. The summed E-state index contributed by atoms with van der Waals surface area (Å²) in [5, 5.41) is 0. The Bertz CT molecular complexity index is 297. The maximum atomic E-state index is 11.3. The molecule has 17 heavy (non-hydrogen) atoms. The van der Waals surface area contributed by atoms with Gasteiger partial charge < -0.3 is 14.0 Å². The number of hydrogen-bond donors (Lipinski definition) is 0. The van der Waals surface area contributed by atoms with E-state index in [1.54, 1.807) is 0 Å². The van der Waals surface area contributed by atoms with Crippen LogP contribution in [0.3, 0.4) is 0 Å². The van der Waals surface area contributed by atoms with Crippen LogP contribution in [0.4, 0.5) is 4.79 Å². The molecule has 2 aliphatic heterocycles. The van der Waals surface area contributed by atoms with Crippen LogP contribution >= 0.6 is 0 Å². The fraction of sp³-hybridized carbons (Fsp3) is 0.818. The van der Waals surface area contributed by atoms with E-state index < -0.39 is 6.09 Å². The molecule has 0 spiro atoms. The highest BCUT2D eigenvalue weighted by Crippen LogP contribution is 2.11. The number of cyclic esters (lactones) is 1. The lowest BCUT2D eigenvalue weighted by Gasteiger charge is -2.37. The lowest BCUT2D eigenvalue weighted by atomic mass is 10.2. The molecule has 0 atom stereocenters. The van der Waals surface area contributed by atoms with Crippen molar-refractivity contribution < 1.29 is 23.5 Å². The van der Waals surface area contributed by atoms with Gasteiger partial charge in [0.15, 0.2) is 6.61 Å². The van der Waals surface area contributed by atoms with Gasteiger partial charge in [-0.05, 0) is 0 Å². The Morgan fingerprint density at radius 2 is 2.00 bits per heavy atom. The topological polar surface area (TPSA) is 55.8 Å². The standard InChI is InChI=1S/C11H19N2O4/c1-13(5-7-16-8-6-13)4-2-3-12-10(14)9-17-11(12)15/h2-9H2,1H3/q+1. The summed E-state index contributed by atoms with van der Waals surface area (Å²) in [7, 11) is 2.19. The quantitative estimate of drug-likeness (QED) is 0.643. The summed E-state index contributed by atoms with van der Waals surface area (Å²) in [5.74, 6) is -0.223. The van der Waals surface area contributed by atoms with Crippen LogP contribution in [0.5, 0.6) is 0 Å². The molecule has 6 nitrogen and oxygen atoms in total. The Hall–Kier alpha value is -1.14. The van der Waals surface area contributed by atoms with E-state index in [0.29, 0.717) is 6.54 Å². The minimum atomic E-state index is -0.500. The van der Waals surface area contributed by atoms with Crippen molar-refractivity contribution in [3.05, 3.63) is 0 Å². The number of nitrogens with zero attached hydrogens (tertiary/aromatic N) is 2. The van der Waals surface area contributed by atoms with E-state index in [4.69, 9.17) is 4.74 Å². The van der Waals surface area contributed by atoms with Crippen LogP contribution in [-0.4, -0.2) is 74.4 Å². The molecular weight excluding hydrogens is 224 g/mol. The van der Waals surface area contributed by atoms with Gasteiger partial charge in [0.1, 0.15) is 13.1 Å². The number of rotatable bonds is 4. The van der Waals surface area contributed by atoms with Crippen molar-refractivity contribution in [2.75, 3.05) is 53.0 Å². The zero-order chi connectivity index (χ0) is 12.3. The molecule has 0 unspecified atom stereocenters. The lowest BCUT2D eigenvalue weighted by molar-refractivity contribution is -0.917. The highest BCUT2D eigenvalue weighted by Gasteiger charge is 2.31. The van der Waals surface area contributed by atoms with Gasteiger partial charge in [0.2, 0.25) is 0 Å². The van der Waals surface area contributed by atoms with Crippen LogP contribution in [0.15, 0.2) is 0 Å². The molecule has 2 fully saturated rings. The van der Waals surface area contributed by atoms with Crippen molar-refractivity contribution in [1.82, 2.24) is 4.90 Å². The predicted octanol–water partition coefficient (Wildman–Crippen LogP) is -0.168. The average Bonchev–Trinajstić information content (AvgIpc) is 2.61. The van der Waals surface area contributed by atoms with Crippen LogP contribution in [0, 0.1) is 0 Å². The third-order valence-electron chi connectivity index (χ3n) is 3.47. The van der Waals surface area contributed by atoms with Crippen molar-refractivity contribution in [3.8, 4) is 0 Å². The first-order chi connectivity index (χ1) is 8.11. The van der Waals surface area contributed by atoms with E-state index in [9.17, 15) is 9.59 Å².